The fraction of sp³-hybridized carbons (Fsp3) is 0.263. The summed E-state index contributed by atoms with van der Waals surface area (Å²) in [5.74, 6) is 0.403. The number of hydrogen-bond donors (Lipinski definition) is 2. The molecule has 0 aliphatic carbocycles. The highest BCUT2D eigenvalue weighted by Crippen LogP contribution is 2.36. The summed E-state index contributed by atoms with van der Waals surface area (Å²) in [6.07, 6.45) is 2.30. The van der Waals surface area contributed by atoms with E-state index in [9.17, 15) is 9.90 Å². The number of nitrogens with zero attached hydrogens (tertiary/aromatic N) is 1. The topological polar surface area (TPSA) is 75.4 Å². The van der Waals surface area contributed by atoms with Crippen LogP contribution >= 0.6 is 0 Å². The second kappa shape index (κ2) is 6.74. The van der Waals surface area contributed by atoms with Crippen LogP contribution in [-0.4, -0.2) is 16.0 Å². The highest BCUT2D eigenvalue weighted by atomic mass is 16.3. The number of unbranched alkanes of at least 4 members (excludes halogenated alkanes) is 1. The van der Waals surface area contributed by atoms with Crippen molar-refractivity contribution < 1.29 is 14.3 Å². The van der Waals surface area contributed by atoms with Crippen LogP contribution in [0.1, 0.15) is 31.7 Å². The lowest BCUT2D eigenvalue weighted by atomic mass is 10.1. The monoisotopic (exact) mass is 324 g/mol. The van der Waals surface area contributed by atoms with Crippen molar-refractivity contribution in [3.05, 3.63) is 42.0 Å². The van der Waals surface area contributed by atoms with Gasteiger partial charge in [0, 0.05) is 12.1 Å². The summed E-state index contributed by atoms with van der Waals surface area (Å²) in [4.78, 5) is 16.4. The van der Waals surface area contributed by atoms with Gasteiger partial charge in [0.05, 0.1) is 5.56 Å². The minimum Gasteiger partial charge on any atom is -0.507 e. The van der Waals surface area contributed by atoms with Gasteiger partial charge >= 0.3 is 0 Å². The Bertz CT molecular complexity index is 850. The van der Waals surface area contributed by atoms with Gasteiger partial charge in [0.2, 0.25) is 11.8 Å². The van der Waals surface area contributed by atoms with E-state index < -0.39 is 0 Å². The molecule has 0 spiro atoms. The number of carbonyl (C=O) groups excluding carboxylic acids is 1. The zero-order chi connectivity index (χ0) is 17.1. The van der Waals surface area contributed by atoms with Crippen LogP contribution < -0.4 is 5.32 Å². The van der Waals surface area contributed by atoms with E-state index in [4.69, 9.17) is 4.42 Å². The quantitative estimate of drug-likeness (QED) is 0.671. The van der Waals surface area contributed by atoms with Crippen LogP contribution in [0.3, 0.4) is 0 Å². The first-order chi connectivity index (χ1) is 11.6. The van der Waals surface area contributed by atoms with Crippen molar-refractivity contribution in [1.82, 2.24) is 4.98 Å². The first kappa shape index (κ1) is 16.1. The van der Waals surface area contributed by atoms with Crippen LogP contribution in [-0.2, 0) is 4.79 Å². The van der Waals surface area contributed by atoms with Gasteiger partial charge in [-0.05, 0) is 43.2 Å². The van der Waals surface area contributed by atoms with Crippen molar-refractivity contribution in [3.8, 4) is 17.2 Å². The van der Waals surface area contributed by atoms with Gasteiger partial charge < -0.3 is 14.8 Å². The second-order valence-electron chi connectivity index (χ2n) is 5.83. The zero-order valence-electron chi connectivity index (χ0n) is 13.8. The third kappa shape index (κ3) is 3.25. The lowest BCUT2D eigenvalue weighted by Crippen LogP contribution is -2.11. The third-order valence-electron chi connectivity index (χ3n) is 3.87. The van der Waals surface area contributed by atoms with Gasteiger partial charge in [0.1, 0.15) is 11.3 Å². The highest BCUT2D eigenvalue weighted by molar-refractivity contribution is 5.92. The lowest BCUT2D eigenvalue weighted by Gasteiger charge is -2.10. The molecule has 2 N–H and O–H groups in total. The van der Waals surface area contributed by atoms with Crippen LogP contribution in [0, 0.1) is 6.92 Å². The number of para-hydroxylation sites is 2. The van der Waals surface area contributed by atoms with E-state index in [1.54, 1.807) is 19.1 Å². The molecule has 0 atom stereocenters. The number of phenols is 1. The molecule has 2 aromatic carbocycles. The van der Waals surface area contributed by atoms with E-state index >= 15 is 0 Å². The van der Waals surface area contributed by atoms with Gasteiger partial charge in [-0.1, -0.05) is 25.5 Å². The summed E-state index contributed by atoms with van der Waals surface area (Å²) in [5, 5.41) is 13.2. The number of benzene rings is 2. The molecule has 0 fully saturated rings. The molecule has 5 heteroatoms. The Hall–Kier alpha value is -2.82. The predicted octanol–water partition coefficient (Wildman–Crippen LogP) is 4.64. The molecule has 0 saturated carbocycles. The van der Waals surface area contributed by atoms with Crippen molar-refractivity contribution in [3.63, 3.8) is 0 Å². The van der Waals surface area contributed by atoms with Crippen LogP contribution in [0.4, 0.5) is 5.69 Å². The number of fused-ring (bicyclic) bond motifs is 1. The predicted molar refractivity (Wildman–Crippen MR) is 94.0 cm³/mol. The second-order valence-corrected chi connectivity index (χ2v) is 5.83. The lowest BCUT2D eigenvalue weighted by molar-refractivity contribution is -0.116. The molecule has 0 aliphatic rings. The number of rotatable bonds is 5. The third-order valence-corrected chi connectivity index (χ3v) is 3.87. The van der Waals surface area contributed by atoms with Crippen molar-refractivity contribution >= 4 is 22.7 Å². The Labute approximate surface area is 140 Å². The summed E-state index contributed by atoms with van der Waals surface area (Å²) >= 11 is 0. The number of oxazole rings is 1. The minimum atomic E-state index is -0.0366. The van der Waals surface area contributed by atoms with Crippen LogP contribution in [0.15, 0.2) is 40.8 Å². The molecule has 3 aromatic rings. The Balaban J connectivity index is 1.96. The summed E-state index contributed by atoms with van der Waals surface area (Å²) in [6, 6.07) is 10.9. The standard InChI is InChI=1S/C19H20N2O3/c1-3-4-9-17(22)20-13-10-12(2)18(23)14(11-13)19-21-15-7-5-6-8-16(15)24-19/h5-8,10-11,23H,3-4,9H2,1-2H3,(H,20,22). The number of amides is 1. The van der Waals surface area contributed by atoms with Gasteiger partial charge in [0.25, 0.3) is 0 Å². The molecule has 3 rings (SSSR count). The van der Waals surface area contributed by atoms with Crippen LogP contribution in [0.25, 0.3) is 22.6 Å². The number of aryl methyl sites for hydroxylation is 1. The number of aromatic hydroxyl groups is 1. The fourth-order valence-electron chi connectivity index (χ4n) is 2.56. The first-order valence-corrected chi connectivity index (χ1v) is 8.08. The van der Waals surface area contributed by atoms with Crippen molar-refractivity contribution in [2.24, 2.45) is 0 Å². The number of anilines is 1. The molecule has 1 amide bonds. The van der Waals surface area contributed by atoms with Crippen LogP contribution in [0.5, 0.6) is 5.75 Å². The smallest absolute Gasteiger partial charge is 0.231 e. The molecular formula is C19H20N2O3. The maximum atomic E-state index is 11.9. The average molecular weight is 324 g/mol. The molecule has 0 aliphatic heterocycles. The number of carbonyl (C=O) groups is 1. The maximum absolute atomic E-state index is 11.9. The molecule has 124 valence electrons. The Morgan fingerprint density at radius 2 is 2.08 bits per heavy atom. The number of nitrogens with one attached hydrogen (secondary N) is 1. The normalized spacial score (nSPS) is 10.9. The molecule has 0 bridgehead atoms. The summed E-state index contributed by atoms with van der Waals surface area (Å²) in [5.41, 5.74) is 3.13. The van der Waals surface area contributed by atoms with Crippen molar-refractivity contribution in [2.75, 3.05) is 5.32 Å². The zero-order valence-corrected chi connectivity index (χ0v) is 13.8. The SMILES string of the molecule is CCCCC(=O)Nc1cc(C)c(O)c(-c2nc3ccccc3o2)c1. The largest absolute Gasteiger partial charge is 0.507 e. The molecule has 0 radical (unpaired) electrons. The van der Waals surface area contributed by atoms with Gasteiger partial charge in [-0.2, -0.15) is 0 Å². The highest BCUT2D eigenvalue weighted by Gasteiger charge is 2.16. The minimum absolute atomic E-state index is 0.0366. The molecule has 0 unspecified atom stereocenters. The molecular weight excluding hydrogens is 304 g/mol. The molecule has 24 heavy (non-hydrogen) atoms. The van der Waals surface area contributed by atoms with E-state index in [0.29, 0.717) is 34.7 Å². The van der Waals surface area contributed by atoms with Gasteiger partial charge in [-0.3, -0.25) is 4.79 Å². The van der Waals surface area contributed by atoms with E-state index in [1.165, 1.54) is 0 Å². The molecule has 1 aromatic heterocycles. The Morgan fingerprint density at radius 1 is 1.29 bits per heavy atom. The summed E-state index contributed by atoms with van der Waals surface area (Å²) in [7, 11) is 0. The van der Waals surface area contributed by atoms with Gasteiger partial charge in [0.15, 0.2) is 5.58 Å². The van der Waals surface area contributed by atoms with E-state index in [2.05, 4.69) is 10.3 Å². The number of phenolic OH excluding ortho intramolecular Hbond substituents is 1. The maximum Gasteiger partial charge on any atom is 0.231 e. The van der Waals surface area contributed by atoms with Crippen molar-refractivity contribution in [1.29, 1.82) is 0 Å². The fourth-order valence-corrected chi connectivity index (χ4v) is 2.56. The van der Waals surface area contributed by atoms with Crippen LogP contribution in [0.2, 0.25) is 0 Å². The molecule has 0 saturated heterocycles. The number of aromatic nitrogens is 1. The van der Waals surface area contributed by atoms with E-state index in [-0.39, 0.29) is 11.7 Å². The Kier molecular flexibility index (Phi) is 4.51. The van der Waals surface area contributed by atoms with E-state index in [0.717, 1.165) is 18.4 Å². The molecule has 5 nitrogen and oxygen atoms in total. The van der Waals surface area contributed by atoms with Crippen molar-refractivity contribution in [2.45, 2.75) is 33.1 Å². The van der Waals surface area contributed by atoms with Gasteiger partial charge in [-0.25, -0.2) is 4.98 Å². The Morgan fingerprint density at radius 3 is 2.83 bits per heavy atom. The number of hydrogen-bond acceptors (Lipinski definition) is 4. The van der Waals surface area contributed by atoms with E-state index in [1.807, 2.05) is 31.2 Å². The summed E-state index contributed by atoms with van der Waals surface area (Å²) < 4.78 is 5.73. The summed E-state index contributed by atoms with van der Waals surface area (Å²) in [6.45, 7) is 3.83. The van der Waals surface area contributed by atoms with Gasteiger partial charge in [-0.15, -0.1) is 0 Å². The first-order valence-electron chi connectivity index (χ1n) is 8.08. The molecule has 1 heterocycles. The average Bonchev–Trinajstić information content (AvgIpc) is 3.00.